The van der Waals surface area contributed by atoms with E-state index in [1.165, 1.54) is 0 Å². The minimum absolute atomic E-state index is 0.402. The third-order valence-corrected chi connectivity index (χ3v) is 4.35. The summed E-state index contributed by atoms with van der Waals surface area (Å²) in [6, 6.07) is 7.84. The molecule has 2 aromatic rings. The Morgan fingerprint density at radius 1 is 0.952 bits per heavy atom. The van der Waals surface area contributed by atoms with E-state index in [2.05, 4.69) is 10.2 Å². The maximum Gasteiger partial charge on any atom is 0.517 e. The van der Waals surface area contributed by atoms with Gasteiger partial charge in [-0.15, -0.1) is 5.10 Å². The van der Waals surface area contributed by atoms with E-state index in [1.54, 1.807) is 7.11 Å². The number of benzene rings is 1. The van der Waals surface area contributed by atoms with Crippen LogP contribution >= 0.6 is 0 Å². The van der Waals surface area contributed by atoms with E-state index in [4.69, 9.17) is 14.0 Å². The van der Waals surface area contributed by atoms with Gasteiger partial charge in [0.25, 0.3) is 0 Å². The first-order chi connectivity index (χ1) is 9.86. The smallest absolute Gasteiger partial charge is 0.479 e. The van der Waals surface area contributed by atoms with Gasteiger partial charge in [0.1, 0.15) is 5.59 Å². The lowest BCUT2D eigenvalue weighted by Gasteiger charge is -2.32. The largest absolute Gasteiger partial charge is 0.517 e. The van der Waals surface area contributed by atoms with Gasteiger partial charge in [-0.05, 0) is 33.8 Å². The normalized spacial score (nSPS) is 20.0. The summed E-state index contributed by atoms with van der Waals surface area (Å²) < 4.78 is 17.4. The second kappa shape index (κ2) is 4.68. The molecule has 6 heteroatoms. The first kappa shape index (κ1) is 14.3. The summed E-state index contributed by atoms with van der Waals surface area (Å²) >= 11 is 0. The Kier molecular flexibility index (Phi) is 3.18. The Morgan fingerprint density at radius 3 is 2.10 bits per heavy atom. The number of ether oxygens (including phenoxy) is 1. The zero-order valence-corrected chi connectivity index (χ0v) is 13.0. The van der Waals surface area contributed by atoms with Gasteiger partial charge in [0.15, 0.2) is 0 Å². The second-order valence-electron chi connectivity index (χ2n) is 6.23. The fourth-order valence-electron chi connectivity index (χ4n) is 2.38. The third-order valence-electron chi connectivity index (χ3n) is 4.35. The average Bonchev–Trinajstić information content (AvgIpc) is 2.66. The van der Waals surface area contributed by atoms with E-state index in [1.807, 2.05) is 52.0 Å². The predicted octanol–water partition coefficient (Wildman–Crippen LogP) is 1.94. The van der Waals surface area contributed by atoms with Crippen LogP contribution in [-0.2, 0) is 9.31 Å². The van der Waals surface area contributed by atoms with Crippen LogP contribution in [0.15, 0.2) is 24.3 Å². The minimum Gasteiger partial charge on any atom is -0.479 e. The zero-order chi connectivity index (χ0) is 15.3. The van der Waals surface area contributed by atoms with Crippen LogP contribution < -0.4 is 10.3 Å². The van der Waals surface area contributed by atoms with E-state index < -0.39 is 18.3 Å². The molecule has 0 atom stereocenters. The molecule has 3 rings (SSSR count). The topological polar surface area (TPSA) is 53.5 Å². The highest BCUT2D eigenvalue weighted by atomic mass is 16.7. The highest BCUT2D eigenvalue weighted by molar-refractivity contribution is 6.64. The molecule has 0 N–H and O–H groups in total. The van der Waals surface area contributed by atoms with Crippen molar-refractivity contribution >= 4 is 23.5 Å². The standard InChI is InChI=1S/C15H19BN2O3/c1-14(2)15(3,4)21-16(20-14)12-10-8-6-7-9-11(10)13(19-5)18-17-12/h6-9H,1-5H3. The molecule has 0 unspecified atom stereocenters. The number of rotatable bonds is 2. The minimum atomic E-state index is -0.529. The van der Waals surface area contributed by atoms with Gasteiger partial charge in [0.05, 0.1) is 18.3 Å². The maximum absolute atomic E-state index is 6.07. The molecule has 1 aromatic heterocycles. The number of methoxy groups -OCH3 is 1. The Labute approximate surface area is 124 Å². The molecule has 0 radical (unpaired) electrons. The van der Waals surface area contributed by atoms with Crippen molar-refractivity contribution in [3.63, 3.8) is 0 Å². The van der Waals surface area contributed by atoms with Crippen LogP contribution in [0.25, 0.3) is 10.8 Å². The molecule has 21 heavy (non-hydrogen) atoms. The van der Waals surface area contributed by atoms with E-state index >= 15 is 0 Å². The van der Waals surface area contributed by atoms with Crippen LogP contribution in [0.3, 0.4) is 0 Å². The highest BCUT2D eigenvalue weighted by Crippen LogP contribution is 2.37. The van der Waals surface area contributed by atoms with E-state index in [-0.39, 0.29) is 0 Å². The Morgan fingerprint density at radius 2 is 1.52 bits per heavy atom. The third kappa shape index (κ3) is 2.19. The van der Waals surface area contributed by atoms with Crippen molar-refractivity contribution in [2.45, 2.75) is 38.9 Å². The number of hydrogen-bond acceptors (Lipinski definition) is 5. The van der Waals surface area contributed by atoms with Gasteiger partial charge in [-0.1, -0.05) is 18.2 Å². The summed E-state index contributed by atoms with van der Waals surface area (Å²) in [6.45, 7) is 8.08. The van der Waals surface area contributed by atoms with Crippen molar-refractivity contribution in [1.29, 1.82) is 0 Å². The van der Waals surface area contributed by atoms with E-state index in [0.29, 0.717) is 11.5 Å². The van der Waals surface area contributed by atoms with Gasteiger partial charge in [-0.25, -0.2) is 0 Å². The molecule has 0 spiro atoms. The zero-order valence-electron chi connectivity index (χ0n) is 13.0. The first-order valence-corrected chi connectivity index (χ1v) is 7.01. The average molecular weight is 286 g/mol. The Balaban J connectivity index is 2.11. The van der Waals surface area contributed by atoms with E-state index in [0.717, 1.165) is 10.8 Å². The molecule has 110 valence electrons. The highest BCUT2D eigenvalue weighted by Gasteiger charge is 2.53. The summed E-state index contributed by atoms with van der Waals surface area (Å²) in [4.78, 5) is 0. The lowest BCUT2D eigenvalue weighted by molar-refractivity contribution is 0.00578. The second-order valence-corrected chi connectivity index (χ2v) is 6.23. The molecule has 1 fully saturated rings. The first-order valence-electron chi connectivity index (χ1n) is 7.01. The number of nitrogens with zero attached hydrogens (tertiary/aromatic N) is 2. The van der Waals surface area contributed by atoms with Crippen molar-refractivity contribution in [3.8, 4) is 5.88 Å². The molecule has 5 nitrogen and oxygen atoms in total. The summed E-state index contributed by atoms with van der Waals surface area (Å²) in [5, 5.41) is 10.2. The summed E-state index contributed by atoms with van der Waals surface area (Å²) in [7, 11) is 1.06. The van der Waals surface area contributed by atoms with Crippen molar-refractivity contribution in [1.82, 2.24) is 10.2 Å². The SMILES string of the molecule is COc1nnc(B2OC(C)(C)C(C)(C)O2)c2ccccc12. The van der Waals surface area contributed by atoms with Gasteiger partial charge in [0, 0.05) is 10.8 Å². The molecule has 1 saturated heterocycles. The van der Waals surface area contributed by atoms with Crippen LogP contribution in [-0.4, -0.2) is 35.6 Å². The lowest BCUT2D eigenvalue weighted by atomic mass is 9.81. The monoisotopic (exact) mass is 286 g/mol. The van der Waals surface area contributed by atoms with Crippen molar-refractivity contribution in [2.24, 2.45) is 0 Å². The summed E-state index contributed by atoms with van der Waals surface area (Å²) in [6.07, 6.45) is 0. The van der Waals surface area contributed by atoms with Crippen LogP contribution in [0.4, 0.5) is 0 Å². The maximum atomic E-state index is 6.07. The molecule has 1 aromatic carbocycles. The van der Waals surface area contributed by atoms with Crippen LogP contribution in [0.1, 0.15) is 27.7 Å². The molecular formula is C15H19BN2O3. The summed E-state index contributed by atoms with van der Waals surface area (Å²) in [5.41, 5.74) is -0.120. The summed E-state index contributed by atoms with van der Waals surface area (Å²) in [5.74, 6) is 0.505. The lowest BCUT2D eigenvalue weighted by Crippen LogP contribution is -2.41. The molecule has 1 aliphatic rings. The van der Waals surface area contributed by atoms with Gasteiger partial charge in [-0.2, -0.15) is 5.10 Å². The number of fused-ring (bicyclic) bond motifs is 1. The van der Waals surface area contributed by atoms with Gasteiger partial charge >= 0.3 is 7.12 Å². The van der Waals surface area contributed by atoms with Crippen LogP contribution in [0.5, 0.6) is 5.88 Å². The predicted molar refractivity (Wildman–Crippen MR) is 81.8 cm³/mol. The molecule has 0 bridgehead atoms. The number of aromatic nitrogens is 2. The Hall–Kier alpha value is -1.66. The van der Waals surface area contributed by atoms with E-state index in [9.17, 15) is 0 Å². The molecule has 2 heterocycles. The van der Waals surface area contributed by atoms with Crippen molar-refractivity contribution < 1.29 is 14.0 Å². The Bertz CT molecular complexity index is 672. The molecular weight excluding hydrogens is 267 g/mol. The molecule has 0 saturated carbocycles. The van der Waals surface area contributed by atoms with Crippen molar-refractivity contribution in [2.75, 3.05) is 7.11 Å². The van der Waals surface area contributed by atoms with Crippen LogP contribution in [0.2, 0.25) is 0 Å². The quantitative estimate of drug-likeness (QED) is 0.790. The fourth-order valence-corrected chi connectivity index (χ4v) is 2.38. The molecule has 0 aliphatic carbocycles. The number of hydrogen-bond donors (Lipinski definition) is 0. The van der Waals surface area contributed by atoms with Gasteiger partial charge in [0.2, 0.25) is 5.88 Å². The van der Waals surface area contributed by atoms with Crippen molar-refractivity contribution in [3.05, 3.63) is 24.3 Å². The van der Waals surface area contributed by atoms with Gasteiger partial charge < -0.3 is 14.0 Å². The fraction of sp³-hybridized carbons (Fsp3) is 0.467. The molecule has 1 aliphatic heterocycles. The van der Waals surface area contributed by atoms with Gasteiger partial charge in [-0.3, -0.25) is 0 Å². The molecule has 0 amide bonds. The van der Waals surface area contributed by atoms with Crippen LogP contribution in [0, 0.1) is 0 Å².